The number of nitriles is 1. The minimum Gasteiger partial charge on any atom is -0.342 e. The molecule has 2 aromatic heterocycles. The van der Waals surface area contributed by atoms with Crippen LogP contribution in [0.5, 0.6) is 0 Å². The van der Waals surface area contributed by atoms with Crippen LogP contribution in [-0.2, 0) is 17.6 Å². The highest BCUT2D eigenvalue weighted by Gasteiger charge is 2.21. The van der Waals surface area contributed by atoms with Crippen molar-refractivity contribution in [2.24, 2.45) is 0 Å². The Hall–Kier alpha value is -3.18. The first-order valence-electron chi connectivity index (χ1n) is 9.42. The summed E-state index contributed by atoms with van der Waals surface area (Å²) in [7, 11) is 0. The van der Waals surface area contributed by atoms with E-state index in [-0.39, 0.29) is 18.2 Å². The lowest BCUT2D eigenvalue weighted by molar-refractivity contribution is -0.118. The van der Waals surface area contributed by atoms with Crippen molar-refractivity contribution in [2.45, 2.75) is 31.8 Å². The van der Waals surface area contributed by atoms with Crippen molar-refractivity contribution >= 4 is 17.7 Å². The van der Waals surface area contributed by atoms with E-state index in [0.29, 0.717) is 11.0 Å². The van der Waals surface area contributed by atoms with Crippen LogP contribution in [0.15, 0.2) is 47.9 Å². The third-order valence-corrected chi connectivity index (χ3v) is 5.37. The van der Waals surface area contributed by atoms with Gasteiger partial charge in [-0.05, 0) is 36.1 Å². The Kier molecular flexibility index (Phi) is 6.98. The number of carbonyl (C=O) groups excluding carboxylic acids is 1. The van der Waals surface area contributed by atoms with Gasteiger partial charge in [0.1, 0.15) is 6.54 Å². The summed E-state index contributed by atoms with van der Waals surface area (Å²) in [5, 5.41) is 20.6. The van der Waals surface area contributed by atoms with E-state index in [1.165, 1.54) is 22.9 Å². The van der Waals surface area contributed by atoms with Crippen LogP contribution in [-0.4, -0.2) is 38.0 Å². The van der Waals surface area contributed by atoms with E-state index in [1.54, 1.807) is 12.4 Å². The van der Waals surface area contributed by atoms with Crippen LogP contribution in [0.4, 0.5) is 0 Å². The predicted octanol–water partition coefficient (Wildman–Crippen LogP) is 3.19. The molecule has 8 heteroatoms. The molecule has 0 unspecified atom stereocenters. The monoisotopic (exact) mass is 406 g/mol. The van der Waals surface area contributed by atoms with E-state index in [9.17, 15) is 4.79 Å². The summed E-state index contributed by atoms with van der Waals surface area (Å²) in [5.41, 5.74) is 4.28. The lowest BCUT2D eigenvalue weighted by Gasteiger charge is -2.17. The van der Waals surface area contributed by atoms with Gasteiger partial charge in [0.05, 0.1) is 17.5 Å². The van der Waals surface area contributed by atoms with Crippen LogP contribution in [0.25, 0.3) is 17.1 Å². The zero-order chi connectivity index (χ0) is 20.6. The zero-order valence-corrected chi connectivity index (χ0v) is 17.2. The van der Waals surface area contributed by atoms with Gasteiger partial charge in [0, 0.05) is 18.0 Å². The maximum absolute atomic E-state index is 12.0. The van der Waals surface area contributed by atoms with Gasteiger partial charge in [-0.3, -0.25) is 14.3 Å². The number of hydrogen-bond acceptors (Lipinski definition) is 6. The molecule has 0 bridgehead atoms. The number of hydrogen-bond donors (Lipinski definition) is 1. The van der Waals surface area contributed by atoms with E-state index in [2.05, 4.69) is 52.5 Å². The van der Waals surface area contributed by atoms with E-state index in [1.807, 2.05) is 22.8 Å². The van der Waals surface area contributed by atoms with Crippen molar-refractivity contribution in [2.75, 3.05) is 12.3 Å². The first-order valence-corrected chi connectivity index (χ1v) is 10.4. The molecule has 0 radical (unpaired) electrons. The van der Waals surface area contributed by atoms with Crippen LogP contribution >= 0.6 is 11.8 Å². The molecular weight excluding hydrogens is 384 g/mol. The fourth-order valence-electron chi connectivity index (χ4n) is 3.07. The van der Waals surface area contributed by atoms with E-state index in [0.717, 1.165) is 24.1 Å². The molecule has 0 aliphatic rings. The summed E-state index contributed by atoms with van der Waals surface area (Å²) in [5.74, 6) is 0.630. The van der Waals surface area contributed by atoms with Crippen LogP contribution in [0, 0.1) is 11.3 Å². The number of thioether (sulfide) groups is 1. The second kappa shape index (κ2) is 9.85. The molecule has 1 amide bonds. The first kappa shape index (κ1) is 20.6. The maximum Gasteiger partial charge on any atom is 0.231 e. The topological polar surface area (TPSA) is 96.5 Å². The van der Waals surface area contributed by atoms with Gasteiger partial charge in [-0.1, -0.05) is 43.8 Å². The largest absolute Gasteiger partial charge is 0.342 e. The normalized spacial score (nSPS) is 10.5. The number of rotatable bonds is 8. The molecule has 148 valence electrons. The molecule has 0 fully saturated rings. The molecule has 0 aliphatic heterocycles. The number of amides is 1. The second-order valence-corrected chi connectivity index (χ2v) is 7.18. The minimum absolute atomic E-state index is 0.00826. The Morgan fingerprint density at radius 2 is 1.93 bits per heavy atom. The molecule has 3 rings (SSSR count). The number of aryl methyl sites for hydroxylation is 2. The van der Waals surface area contributed by atoms with E-state index >= 15 is 0 Å². The molecule has 0 spiro atoms. The molecule has 7 nitrogen and oxygen atoms in total. The van der Waals surface area contributed by atoms with Crippen LogP contribution in [0.3, 0.4) is 0 Å². The van der Waals surface area contributed by atoms with Crippen molar-refractivity contribution < 1.29 is 4.79 Å². The average molecular weight is 407 g/mol. The smallest absolute Gasteiger partial charge is 0.231 e. The maximum atomic E-state index is 12.0. The lowest BCUT2D eigenvalue weighted by atomic mass is 10.0. The number of para-hydroxylation sites is 1. The Balaban J connectivity index is 2.10. The minimum atomic E-state index is -0.214. The molecule has 29 heavy (non-hydrogen) atoms. The summed E-state index contributed by atoms with van der Waals surface area (Å²) >= 11 is 1.30. The number of aromatic nitrogens is 4. The molecule has 3 aromatic rings. The second-order valence-electron chi connectivity index (χ2n) is 6.24. The van der Waals surface area contributed by atoms with Crippen molar-refractivity contribution in [3.8, 4) is 23.1 Å². The number of carbonyl (C=O) groups is 1. The Labute approximate surface area is 174 Å². The van der Waals surface area contributed by atoms with E-state index < -0.39 is 0 Å². The molecule has 1 N–H and O–H groups in total. The highest BCUT2D eigenvalue weighted by atomic mass is 32.2. The molecule has 0 aliphatic carbocycles. The van der Waals surface area contributed by atoms with Crippen molar-refractivity contribution in [3.05, 3.63) is 53.9 Å². The van der Waals surface area contributed by atoms with Crippen molar-refractivity contribution in [3.63, 3.8) is 0 Å². The lowest BCUT2D eigenvalue weighted by Crippen LogP contribution is -2.25. The van der Waals surface area contributed by atoms with Crippen molar-refractivity contribution in [1.29, 1.82) is 5.26 Å². The van der Waals surface area contributed by atoms with Gasteiger partial charge in [0.15, 0.2) is 11.0 Å². The van der Waals surface area contributed by atoms with Gasteiger partial charge < -0.3 is 5.32 Å². The Bertz CT molecular complexity index is 1000. The first-order chi connectivity index (χ1) is 14.2. The molecule has 0 atom stereocenters. The fraction of sp³-hybridized carbons (Fsp3) is 0.286. The van der Waals surface area contributed by atoms with Crippen LogP contribution < -0.4 is 5.32 Å². The van der Waals surface area contributed by atoms with Gasteiger partial charge >= 0.3 is 0 Å². The summed E-state index contributed by atoms with van der Waals surface area (Å²) < 4.78 is 2.02. The Morgan fingerprint density at radius 3 is 2.55 bits per heavy atom. The zero-order valence-electron chi connectivity index (χ0n) is 16.4. The summed E-state index contributed by atoms with van der Waals surface area (Å²) in [6, 6.07) is 12.0. The molecule has 1 aromatic carbocycles. The highest BCUT2D eigenvalue weighted by molar-refractivity contribution is 7.99. The standard InChI is InChI=1S/C21H22N6OS/c1-3-15-7-5-8-16(4-2)19(15)27-20(17-9-6-11-23-13-17)25-26-21(27)29-14-18(28)24-12-10-22/h5-9,11,13H,3-4,12,14H2,1-2H3,(H,24,28). The molecule has 0 saturated carbocycles. The van der Waals surface area contributed by atoms with Crippen LogP contribution in [0.2, 0.25) is 0 Å². The summed E-state index contributed by atoms with van der Waals surface area (Å²) in [4.78, 5) is 16.2. The highest BCUT2D eigenvalue weighted by Crippen LogP contribution is 2.31. The van der Waals surface area contributed by atoms with Gasteiger partial charge in [0.2, 0.25) is 5.91 Å². The van der Waals surface area contributed by atoms with Gasteiger partial charge in [0.25, 0.3) is 0 Å². The summed E-state index contributed by atoms with van der Waals surface area (Å²) in [6.07, 6.45) is 5.20. The Morgan fingerprint density at radius 1 is 1.17 bits per heavy atom. The van der Waals surface area contributed by atoms with Crippen LogP contribution in [0.1, 0.15) is 25.0 Å². The SMILES string of the molecule is CCc1cccc(CC)c1-n1c(SCC(=O)NCC#N)nnc1-c1cccnc1. The number of nitrogens with zero attached hydrogens (tertiary/aromatic N) is 5. The number of nitrogens with one attached hydrogen (secondary N) is 1. The average Bonchev–Trinajstić information content (AvgIpc) is 3.19. The third kappa shape index (κ3) is 4.63. The number of benzene rings is 1. The van der Waals surface area contributed by atoms with E-state index in [4.69, 9.17) is 5.26 Å². The molecule has 0 saturated heterocycles. The molecule has 2 heterocycles. The van der Waals surface area contributed by atoms with Gasteiger partial charge in [-0.25, -0.2) is 0 Å². The van der Waals surface area contributed by atoms with Gasteiger partial charge in [-0.15, -0.1) is 10.2 Å². The number of pyridine rings is 1. The quantitative estimate of drug-likeness (QED) is 0.456. The third-order valence-electron chi connectivity index (χ3n) is 4.44. The van der Waals surface area contributed by atoms with Gasteiger partial charge in [-0.2, -0.15) is 5.26 Å². The predicted molar refractivity (Wildman–Crippen MR) is 113 cm³/mol. The molecular formula is C21H22N6OS. The fourth-order valence-corrected chi connectivity index (χ4v) is 3.84. The summed E-state index contributed by atoms with van der Waals surface area (Å²) in [6.45, 7) is 4.23. The van der Waals surface area contributed by atoms with Crippen molar-refractivity contribution in [1.82, 2.24) is 25.1 Å².